The fraction of sp³-hybridized carbons (Fsp3) is 0.294. The molecule has 1 aromatic carbocycles. The molecule has 1 aromatic heterocycles. The minimum Gasteiger partial charge on any atom is -0.476 e. The van der Waals surface area contributed by atoms with Crippen LogP contribution in [0.25, 0.3) is 0 Å². The predicted octanol–water partition coefficient (Wildman–Crippen LogP) is 3.09. The van der Waals surface area contributed by atoms with Gasteiger partial charge in [0.05, 0.1) is 5.56 Å². The predicted molar refractivity (Wildman–Crippen MR) is 82.3 cm³/mol. The second-order valence-corrected chi connectivity index (χ2v) is 5.33. The number of hydrogen-bond donors (Lipinski definition) is 1. The Hall–Kier alpha value is -2.56. The molecule has 0 aliphatic carbocycles. The third kappa shape index (κ3) is 3.19. The molecule has 2 aromatic rings. The second kappa shape index (κ2) is 6.47. The molecule has 0 radical (unpaired) electrons. The number of aromatic carboxylic acids is 1. The molecule has 0 spiro atoms. The molecule has 114 valence electrons. The molecule has 1 N–H and O–H groups in total. The molecule has 0 fully saturated rings. The first-order valence-electron chi connectivity index (χ1n) is 7.17. The Labute approximate surface area is 129 Å². The molecule has 5 heteroatoms. The number of carboxylic acid groups (broad SMARTS) is 1. The molecule has 2 rings (SSSR count). The number of rotatable bonds is 5. The van der Waals surface area contributed by atoms with Gasteiger partial charge in [0.15, 0.2) is 11.5 Å². The molecule has 0 saturated carbocycles. The third-order valence-corrected chi connectivity index (χ3v) is 3.40. The molecule has 5 nitrogen and oxygen atoms in total. The van der Waals surface area contributed by atoms with E-state index in [2.05, 4.69) is 9.97 Å². The van der Waals surface area contributed by atoms with Gasteiger partial charge in [-0.25, -0.2) is 14.8 Å². The van der Waals surface area contributed by atoms with Crippen LogP contribution >= 0.6 is 0 Å². The van der Waals surface area contributed by atoms with Crippen LogP contribution < -0.4 is 0 Å². The Balaban J connectivity index is 2.45. The average molecular weight is 298 g/mol. The zero-order chi connectivity index (χ0) is 16.3. The van der Waals surface area contributed by atoms with E-state index in [9.17, 15) is 14.7 Å². The van der Waals surface area contributed by atoms with Crippen LogP contribution in [0, 0.1) is 0 Å². The maximum Gasteiger partial charge on any atom is 0.355 e. The zero-order valence-electron chi connectivity index (χ0n) is 12.8. The molecule has 0 atom stereocenters. The molecule has 22 heavy (non-hydrogen) atoms. The SMILES string of the molecule is CCc1ccc(C(=O)c2cnc(C(C)C)nc2C(=O)O)cc1. The molecule has 0 aliphatic heterocycles. The van der Waals surface area contributed by atoms with Crippen molar-refractivity contribution in [2.24, 2.45) is 0 Å². The molecular weight excluding hydrogens is 280 g/mol. The van der Waals surface area contributed by atoms with Crippen molar-refractivity contribution in [3.05, 3.63) is 58.7 Å². The van der Waals surface area contributed by atoms with Crippen LogP contribution in [0.15, 0.2) is 30.5 Å². The minimum atomic E-state index is -1.22. The maximum absolute atomic E-state index is 12.5. The van der Waals surface area contributed by atoms with E-state index in [4.69, 9.17) is 0 Å². The van der Waals surface area contributed by atoms with Crippen LogP contribution in [0.2, 0.25) is 0 Å². The number of benzene rings is 1. The lowest BCUT2D eigenvalue weighted by atomic mass is 10.0. The number of carbonyl (C=O) groups excluding carboxylic acids is 1. The van der Waals surface area contributed by atoms with E-state index in [1.165, 1.54) is 6.20 Å². The fourth-order valence-corrected chi connectivity index (χ4v) is 2.05. The van der Waals surface area contributed by atoms with Crippen molar-refractivity contribution in [3.63, 3.8) is 0 Å². The minimum absolute atomic E-state index is 0.00825. The largest absolute Gasteiger partial charge is 0.476 e. The first-order chi connectivity index (χ1) is 10.4. The number of ketones is 1. The lowest BCUT2D eigenvalue weighted by Gasteiger charge is -2.09. The van der Waals surface area contributed by atoms with Gasteiger partial charge >= 0.3 is 5.97 Å². The summed E-state index contributed by atoms with van der Waals surface area (Å²) in [6, 6.07) is 7.11. The summed E-state index contributed by atoms with van der Waals surface area (Å²) in [6.45, 7) is 5.76. The summed E-state index contributed by atoms with van der Waals surface area (Å²) >= 11 is 0. The number of aryl methyl sites for hydroxylation is 1. The van der Waals surface area contributed by atoms with Gasteiger partial charge in [0, 0.05) is 17.7 Å². The summed E-state index contributed by atoms with van der Waals surface area (Å²) in [6.07, 6.45) is 2.18. The third-order valence-electron chi connectivity index (χ3n) is 3.40. The average Bonchev–Trinajstić information content (AvgIpc) is 2.53. The lowest BCUT2D eigenvalue weighted by molar-refractivity contribution is 0.0685. The highest BCUT2D eigenvalue weighted by atomic mass is 16.4. The summed E-state index contributed by atoms with van der Waals surface area (Å²) < 4.78 is 0. The molecular formula is C17H18N2O3. The molecule has 0 bridgehead atoms. The summed E-state index contributed by atoms with van der Waals surface area (Å²) in [4.78, 5) is 32.0. The number of aromatic nitrogens is 2. The highest BCUT2D eigenvalue weighted by Crippen LogP contribution is 2.17. The van der Waals surface area contributed by atoms with Gasteiger partial charge in [-0.15, -0.1) is 0 Å². The van der Waals surface area contributed by atoms with Gasteiger partial charge < -0.3 is 5.11 Å². The van der Waals surface area contributed by atoms with Gasteiger partial charge in [0.25, 0.3) is 0 Å². The van der Waals surface area contributed by atoms with Crippen molar-refractivity contribution in [1.82, 2.24) is 9.97 Å². The van der Waals surface area contributed by atoms with E-state index in [0.29, 0.717) is 11.4 Å². The monoisotopic (exact) mass is 298 g/mol. The standard InChI is InChI=1S/C17H18N2O3/c1-4-11-5-7-12(8-6-11)15(20)13-9-18-16(10(2)3)19-14(13)17(21)22/h5-10H,4H2,1-3H3,(H,21,22). The summed E-state index contributed by atoms with van der Waals surface area (Å²) in [5.74, 6) is -1.20. The second-order valence-electron chi connectivity index (χ2n) is 5.33. The van der Waals surface area contributed by atoms with E-state index in [1.807, 2.05) is 32.9 Å². The van der Waals surface area contributed by atoms with Gasteiger partial charge in [0.1, 0.15) is 5.82 Å². The number of hydrogen-bond acceptors (Lipinski definition) is 4. The number of carboxylic acids is 1. The van der Waals surface area contributed by atoms with Crippen LogP contribution in [0.5, 0.6) is 0 Å². The van der Waals surface area contributed by atoms with Crippen molar-refractivity contribution >= 4 is 11.8 Å². The Morgan fingerprint density at radius 1 is 1.18 bits per heavy atom. The van der Waals surface area contributed by atoms with Gasteiger partial charge in [-0.05, 0) is 12.0 Å². The van der Waals surface area contributed by atoms with Crippen molar-refractivity contribution in [2.75, 3.05) is 0 Å². The first-order valence-corrected chi connectivity index (χ1v) is 7.17. The van der Waals surface area contributed by atoms with Crippen molar-refractivity contribution in [1.29, 1.82) is 0 Å². The van der Waals surface area contributed by atoms with Crippen molar-refractivity contribution < 1.29 is 14.7 Å². The number of carbonyl (C=O) groups is 2. The van der Waals surface area contributed by atoms with Crippen LogP contribution in [0.3, 0.4) is 0 Å². The van der Waals surface area contributed by atoms with Gasteiger partial charge in [-0.1, -0.05) is 45.0 Å². The van der Waals surface area contributed by atoms with Crippen LogP contribution in [0.4, 0.5) is 0 Å². The van der Waals surface area contributed by atoms with Gasteiger partial charge in [-0.2, -0.15) is 0 Å². The van der Waals surface area contributed by atoms with E-state index >= 15 is 0 Å². The topological polar surface area (TPSA) is 80.2 Å². The summed E-state index contributed by atoms with van der Waals surface area (Å²) in [5, 5.41) is 9.31. The summed E-state index contributed by atoms with van der Waals surface area (Å²) in [7, 11) is 0. The fourth-order valence-electron chi connectivity index (χ4n) is 2.05. The Kier molecular flexibility index (Phi) is 4.65. The highest BCUT2D eigenvalue weighted by molar-refractivity contribution is 6.13. The van der Waals surface area contributed by atoms with Crippen molar-refractivity contribution in [2.45, 2.75) is 33.1 Å². The summed E-state index contributed by atoms with van der Waals surface area (Å²) in [5.41, 5.74) is 1.31. The first kappa shape index (κ1) is 15.8. The molecule has 0 aliphatic rings. The number of nitrogens with zero attached hydrogens (tertiary/aromatic N) is 2. The zero-order valence-corrected chi connectivity index (χ0v) is 12.8. The van der Waals surface area contributed by atoms with Crippen molar-refractivity contribution in [3.8, 4) is 0 Å². The molecule has 0 amide bonds. The normalized spacial score (nSPS) is 10.7. The van der Waals surface area contributed by atoms with E-state index in [-0.39, 0.29) is 23.0 Å². The lowest BCUT2D eigenvalue weighted by Crippen LogP contribution is -2.15. The Bertz CT molecular complexity index is 706. The van der Waals surface area contributed by atoms with Gasteiger partial charge in [0.2, 0.25) is 0 Å². The van der Waals surface area contributed by atoms with E-state index in [1.54, 1.807) is 12.1 Å². The highest BCUT2D eigenvalue weighted by Gasteiger charge is 2.21. The van der Waals surface area contributed by atoms with Crippen LogP contribution in [-0.2, 0) is 6.42 Å². The van der Waals surface area contributed by atoms with Crippen LogP contribution in [-0.4, -0.2) is 26.8 Å². The Morgan fingerprint density at radius 2 is 1.82 bits per heavy atom. The molecule has 0 saturated heterocycles. The molecule has 0 unspecified atom stereocenters. The van der Waals surface area contributed by atoms with E-state index in [0.717, 1.165) is 12.0 Å². The smallest absolute Gasteiger partial charge is 0.355 e. The van der Waals surface area contributed by atoms with E-state index < -0.39 is 5.97 Å². The van der Waals surface area contributed by atoms with Gasteiger partial charge in [-0.3, -0.25) is 4.79 Å². The maximum atomic E-state index is 12.5. The van der Waals surface area contributed by atoms with Crippen LogP contribution in [0.1, 0.15) is 64.5 Å². The molecule has 1 heterocycles. The Morgan fingerprint density at radius 3 is 2.32 bits per heavy atom. The quantitative estimate of drug-likeness (QED) is 0.858.